The van der Waals surface area contributed by atoms with Gasteiger partial charge in [-0.3, -0.25) is 9.59 Å². The van der Waals surface area contributed by atoms with Gasteiger partial charge < -0.3 is 35.1 Å². The normalized spacial score (nSPS) is 25.1. The number of aliphatic carboxylic acids is 1. The van der Waals surface area contributed by atoms with E-state index in [1.165, 1.54) is 4.90 Å². The molecule has 2 aliphatic heterocycles. The maximum absolute atomic E-state index is 13.0. The average molecular weight is 469 g/mol. The summed E-state index contributed by atoms with van der Waals surface area (Å²) in [6.07, 6.45) is 1.25. The molecular formula is C22H40BN3O7. The van der Waals surface area contributed by atoms with Crippen LogP contribution in [-0.2, 0) is 23.6 Å². The summed E-state index contributed by atoms with van der Waals surface area (Å²) in [6.45, 7) is 13.4. The zero-order valence-electron chi connectivity index (χ0n) is 21.0. The second-order valence-corrected chi connectivity index (χ2v) is 11.0. The second-order valence-electron chi connectivity index (χ2n) is 11.0. The minimum atomic E-state index is -0.974. The molecule has 10 nitrogen and oxygen atoms in total. The topological polar surface area (TPSA) is 140 Å². The summed E-state index contributed by atoms with van der Waals surface area (Å²) in [5, 5.41) is 12.2. The van der Waals surface area contributed by atoms with Gasteiger partial charge in [-0.05, 0) is 67.1 Å². The summed E-state index contributed by atoms with van der Waals surface area (Å²) in [7, 11) is -0.336. The number of nitrogens with two attached hydrogens (primary N) is 1. The van der Waals surface area contributed by atoms with E-state index in [0.717, 1.165) is 0 Å². The zero-order chi connectivity index (χ0) is 25.2. The Hall–Kier alpha value is -1.85. The van der Waals surface area contributed by atoms with E-state index >= 15 is 0 Å². The summed E-state index contributed by atoms with van der Waals surface area (Å²) in [6, 6.07) is -0.974. The molecule has 0 radical (unpaired) electrons. The number of carboxylic acids is 1. The van der Waals surface area contributed by atoms with Gasteiger partial charge in [0.1, 0.15) is 11.6 Å². The standard InChI is InChI=1S/C22H40BN3O7/c1-20(2,3)31-19(30)25-16(11-24)17(27)26-12-14(15(13-26)18(28)29)9-8-10-23-32-21(4,5)22(6,7)33-23/h14-16H,8-13,24H2,1-7H3,(H,25,30)(H,28,29)/t14-,15-,16+/m1/s1. The first-order valence-corrected chi connectivity index (χ1v) is 11.6. The van der Waals surface area contributed by atoms with Gasteiger partial charge >= 0.3 is 19.2 Å². The first-order chi connectivity index (χ1) is 15.1. The van der Waals surface area contributed by atoms with Gasteiger partial charge in [-0.2, -0.15) is 0 Å². The predicted octanol–water partition coefficient (Wildman–Crippen LogP) is 1.87. The number of hydrogen-bond acceptors (Lipinski definition) is 7. The second kappa shape index (κ2) is 10.2. The van der Waals surface area contributed by atoms with E-state index in [4.69, 9.17) is 19.8 Å². The van der Waals surface area contributed by atoms with E-state index in [0.29, 0.717) is 25.7 Å². The lowest BCUT2D eigenvalue weighted by atomic mass is 9.79. The van der Waals surface area contributed by atoms with E-state index < -0.39 is 46.7 Å². The summed E-state index contributed by atoms with van der Waals surface area (Å²) in [5.41, 5.74) is 4.19. The lowest BCUT2D eigenvalue weighted by Crippen LogP contribution is -2.52. The number of nitrogens with one attached hydrogen (secondary N) is 1. The van der Waals surface area contributed by atoms with Crippen LogP contribution in [0.2, 0.25) is 6.32 Å². The zero-order valence-corrected chi connectivity index (χ0v) is 21.0. The van der Waals surface area contributed by atoms with Gasteiger partial charge in [0.25, 0.3) is 0 Å². The van der Waals surface area contributed by atoms with Crippen LogP contribution in [0.25, 0.3) is 0 Å². The fraction of sp³-hybridized carbons (Fsp3) is 0.864. The first kappa shape index (κ1) is 27.4. The minimum Gasteiger partial charge on any atom is -0.481 e. The van der Waals surface area contributed by atoms with Crippen molar-refractivity contribution >= 4 is 25.1 Å². The highest BCUT2D eigenvalue weighted by atomic mass is 16.7. The van der Waals surface area contributed by atoms with Gasteiger partial charge in [0.2, 0.25) is 5.91 Å². The molecule has 188 valence electrons. The van der Waals surface area contributed by atoms with E-state index in [2.05, 4.69) is 5.32 Å². The van der Waals surface area contributed by atoms with Crippen molar-refractivity contribution in [3.05, 3.63) is 0 Å². The lowest BCUT2D eigenvalue weighted by Gasteiger charge is -2.32. The molecule has 0 aliphatic carbocycles. The Labute approximate surface area is 197 Å². The summed E-state index contributed by atoms with van der Waals surface area (Å²) in [5.74, 6) is -2.21. The number of carboxylic acid groups (broad SMARTS) is 1. The number of likely N-dealkylation sites (tertiary alicyclic amines) is 1. The Bertz CT molecular complexity index is 722. The third kappa shape index (κ3) is 7.07. The predicted molar refractivity (Wildman–Crippen MR) is 124 cm³/mol. The number of hydrogen-bond donors (Lipinski definition) is 3. The molecule has 0 aromatic rings. The SMILES string of the molecule is CC(C)(C)OC(=O)N[C@@H](CN)C(=O)N1C[C@@H](CCCB2OC(C)(C)C(C)(C)O2)[C@H](C(=O)O)C1. The highest BCUT2D eigenvalue weighted by Crippen LogP contribution is 2.38. The quantitative estimate of drug-likeness (QED) is 0.458. The molecule has 2 fully saturated rings. The third-order valence-corrected chi connectivity index (χ3v) is 6.61. The number of ether oxygens (including phenoxy) is 1. The van der Waals surface area contributed by atoms with Crippen molar-refractivity contribution in [2.24, 2.45) is 17.6 Å². The molecule has 0 aromatic heterocycles. The van der Waals surface area contributed by atoms with Crippen LogP contribution in [0.3, 0.4) is 0 Å². The number of amides is 2. The van der Waals surface area contributed by atoms with Gasteiger partial charge in [0.05, 0.1) is 17.1 Å². The van der Waals surface area contributed by atoms with Crippen molar-refractivity contribution in [1.29, 1.82) is 0 Å². The fourth-order valence-corrected chi connectivity index (χ4v) is 4.14. The molecule has 11 heteroatoms. The van der Waals surface area contributed by atoms with Crippen molar-refractivity contribution in [1.82, 2.24) is 10.2 Å². The number of nitrogens with zero attached hydrogens (tertiary/aromatic N) is 1. The molecule has 0 aromatic carbocycles. The number of rotatable bonds is 8. The van der Waals surface area contributed by atoms with Crippen LogP contribution < -0.4 is 11.1 Å². The third-order valence-electron chi connectivity index (χ3n) is 6.61. The number of carbonyl (C=O) groups excluding carboxylic acids is 2. The molecule has 2 amide bonds. The summed E-state index contributed by atoms with van der Waals surface area (Å²) in [4.78, 5) is 38.3. The largest absolute Gasteiger partial charge is 0.481 e. The van der Waals surface area contributed by atoms with Crippen LogP contribution in [0.1, 0.15) is 61.3 Å². The molecular weight excluding hydrogens is 429 g/mol. The van der Waals surface area contributed by atoms with Gasteiger partial charge in [0.15, 0.2) is 0 Å². The number of alkyl carbamates (subject to hydrolysis) is 1. The van der Waals surface area contributed by atoms with Crippen LogP contribution in [0.5, 0.6) is 0 Å². The Kier molecular flexibility index (Phi) is 8.46. The van der Waals surface area contributed by atoms with Crippen LogP contribution in [0, 0.1) is 11.8 Å². The first-order valence-electron chi connectivity index (χ1n) is 11.6. The van der Waals surface area contributed by atoms with Crippen molar-refractivity contribution in [2.45, 2.75) is 90.5 Å². The Balaban J connectivity index is 1.93. The van der Waals surface area contributed by atoms with Crippen molar-refractivity contribution in [3.8, 4) is 0 Å². The lowest BCUT2D eigenvalue weighted by molar-refractivity contribution is -0.142. The van der Waals surface area contributed by atoms with Crippen LogP contribution in [0.4, 0.5) is 4.79 Å². The molecule has 2 saturated heterocycles. The molecule has 2 rings (SSSR count). The molecule has 0 saturated carbocycles. The van der Waals surface area contributed by atoms with Crippen LogP contribution in [0.15, 0.2) is 0 Å². The van der Waals surface area contributed by atoms with E-state index in [-0.39, 0.29) is 26.1 Å². The smallest absolute Gasteiger partial charge is 0.457 e. The molecule has 2 aliphatic rings. The van der Waals surface area contributed by atoms with E-state index in [9.17, 15) is 19.5 Å². The molecule has 0 spiro atoms. The van der Waals surface area contributed by atoms with Gasteiger partial charge in [-0.15, -0.1) is 0 Å². The maximum atomic E-state index is 13.0. The molecule has 33 heavy (non-hydrogen) atoms. The monoisotopic (exact) mass is 469 g/mol. The molecule has 4 N–H and O–H groups in total. The number of carbonyl (C=O) groups is 3. The highest BCUT2D eigenvalue weighted by Gasteiger charge is 2.50. The molecule has 0 unspecified atom stereocenters. The van der Waals surface area contributed by atoms with E-state index in [1.807, 2.05) is 27.7 Å². The van der Waals surface area contributed by atoms with Gasteiger partial charge in [0, 0.05) is 19.6 Å². The minimum absolute atomic E-state index is 0.0851. The molecule has 3 atom stereocenters. The Morgan fingerprint density at radius 2 is 1.76 bits per heavy atom. The molecule has 0 bridgehead atoms. The maximum Gasteiger partial charge on any atom is 0.457 e. The van der Waals surface area contributed by atoms with Crippen molar-refractivity contribution < 1.29 is 33.5 Å². The Morgan fingerprint density at radius 3 is 2.24 bits per heavy atom. The Morgan fingerprint density at radius 1 is 1.18 bits per heavy atom. The van der Waals surface area contributed by atoms with Gasteiger partial charge in [-0.1, -0.05) is 6.42 Å². The molecule has 2 heterocycles. The van der Waals surface area contributed by atoms with Crippen molar-refractivity contribution in [2.75, 3.05) is 19.6 Å². The van der Waals surface area contributed by atoms with E-state index in [1.54, 1.807) is 20.8 Å². The fourth-order valence-electron chi connectivity index (χ4n) is 4.14. The summed E-state index contributed by atoms with van der Waals surface area (Å²) >= 11 is 0. The van der Waals surface area contributed by atoms with Crippen LogP contribution >= 0.6 is 0 Å². The summed E-state index contributed by atoms with van der Waals surface area (Å²) < 4.78 is 17.2. The van der Waals surface area contributed by atoms with Gasteiger partial charge in [-0.25, -0.2) is 4.79 Å². The highest BCUT2D eigenvalue weighted by molar-refractivity contribution is 6.45. The average Bonchev–Trinajstić information content (AvgIpc) is 3.16. The van der Waals surface area contributed by atoms with Crippen LogP contribution in [-0.4, -0.2) is 77.6 Å². The van der Waals surface area contributed by atoms with Crippen molar-refractivity contribution in [3.63, 3.8) is 0 Å².